The summed E-state index contributed by atoms with van der Waals surface area (Å²) in [5.74, 6) is 0.640. The van der Waals surface area contributed by atoms with E-state index in [-0.39, 0.29) is 11.8 Å². The van der Waals surface area contributed by atoms with Crippen molar-refractivity contribution in [2.45, 2.75) is 65.5 Å². The lowest BCUT2D eigenvalue weighted by Gasteiger charge is -2.31. The van der Waals surface area contributed by atoms with Gasteiger partial charge in [0.2, 0.25) is 12.1 Å². The molecule has 3 rings (SSSR count). The highest BCUT2D eigenvalue weighted by Gasteiger charge is 2.33. The molecule has 33 heavy (non-hydrogen) atoms. The van der Waals surface area contributed by atoms with Gasteiger partial charge in [-0.2, -0.15) is 0 Å². The molecule has 2 aliphatic heterocycles. The molecule has 1 aromatic carbocycles. The van der Waals surface area contributed by atoms with Crippen LogP contribution in [-0.4, -0.2) is 60.8 Å². The summed E-state index contributed by atoms with van der Waals surface area (Å²) < 4.78 is 5.63. The van der Waals surface area contributed by atoms with Crippen molar-refractivity contribution in [1.82, 2.24) is 15.1 Å². The first kappa shape index (κ1) is 25.2. The number of carbonyl (C=O) groups excluding carboxylic acids is 3. The van der Waals surface area contributed by atoms with E-state index in [4.69, 9.17) is 4.74 Å². The zero-order valence-corrected chi connectivity index (χ0v) is 20.6. The van der Waals surface area contributed by atoms with Crippen LogP contribution in [0.2, 0.25) is 0 Å². The largest absolute Gasteiger partial charge is 0.437 e. The van der Waals surface area contributed by atoms with E-state index in [2.05, 4.69) is 19.2 Å². The lowest BCUT2D eigenvalue weighted by molar-refractivity contribution is -0.164. The van der Waals surface area contributed by atoms with Crippen molar-refractivity contribution >= 4 is 17.8 Å². The number of ether oxygens (including phenoxy) is 1. The lowest BCUT2D eigenvalue weighted by Crippen LogP contribution is -2.37. The Kier molecular flexibility index (Phi) is 8.89. The standard InChI is InChI=1S/C26H39N3O4/c1-18(2)11-16-29-24(31)8-6-21-17-22(5-7-23(21)26(29)33-19(3)30)25(32)28(4)15-12-20-9-13-27-14-10-20/h5,7,17-18,20,26-27H,6,8-16H2,1-4H3/t26-/m1/s1. The maximum absolute atomic E-state index is 13.1. The van der Waals surface area contributed by atoms with Crippen LogP contribution in [0.4, 0.5) is 0 Å². The number of rotatable bonds is 8. The third-order valence-electron chi connectivity index (χ3n) is 6.77. The first-order chi connectivity index (χ1) is 15.8. The van der Waals surface area contributed by atoms with Crippen molar-refractivity contribution in [3.63, 3.8) is 0 Å². The molecule has 0 aromatic heterocycles. The first-order valence-corrected chi connectivity index (χ1v) is 12.3. The number of hydrogen-bond acceptors (Lipinski definition) is 5. The van der Waals surface area contributed by atoms with Gasteiger partial charge in [0.1, 0.15) is 0 Å². The van der Waals surface area contributed by atoms with E-state index < -0.39 is 12.2 Å². The molecule has 2 heterocycles. The number of benzene rings is 1. The molecule has 7 nitrogen and oxygen atoms in total. The zero-order chi connectivity index (χ0) is 24.0. The monoisotopic (exact) mass is 457 g/mol. The summed E-state index contributed by atoms with van der Waals surface area (Å²) in [4.78, 5) is 41.4. The van der Waals surface area contributed by atoms with Crippen molar-refractivity contribution in [2.24, 2.45) is 11.8 Å². The van der Waals surface area contributed by atoms with Crippen LogP contribution in [0, 0.1) is 11.8 Å². The molecule has 182 valence electrons. The fourth-order valence-corrected chi connectivity index (χ4v) is 4.67. The van der Waals surface area contributed by atoms with Crippen LogP contribution in [0.3, 0.4) is 0 Å². The third kappa shape index (κ3) is 6.79. The lowest BCUT2D eigenvalue weighted by atomic mass is 9.94. The van der Waals surface area contributed by atoms with E-state index in [1.165, 1.54) is 19.8 Å². The minimum Gasteiger partial charge on any atom is -0.437 e. The molecule has 7 heteroatoms. The molecule has 0 spiro atoms. The fraction of sp³-hybridized carbons (Fsp3) is 0.654. The van der Waals surface area contributed by atoms with Gasteiger partial charge < -0.3 is 19.9 Å². The van der Waals surface area contributed by atoms with Gasteiger partial charge in [-0.1, -0.05) is 19.9 Å². The Morgan fingerprint density at radius 1 is 1.21 bits per heavy atom. The second-order valence-corrected chi connectivity index (χ2v) is 9.85. The Bertz CT molecular complexity index is 848. The second kappa shape index (κ2) is 11.6. The Morgan fingerprint density at radius 2 is 1.94 bits per heavy atom. The van der Waals surface area contributed by atoms with Crippen molar-refractivity contribution < 1.29 is 19.1 Å². The van der Waals surface area contributed by atoms with Crippen LogP contribution < -0.4 is 5.32 Å². The first-order valence-electron chi connectivity index (χ1n) is 12.3. The maximum Gasteiger partial charge on any atom is 0.304 e. The number of fused-ring (bicyclic) bond motifs is 1. The van der Waals surface area contributed by atoms with Crippen LogP contribution in [0.15, 0.2) is 18.2 Å². The third-order valence-corrected chi connectivity index (χ3v) is 6.77. The number of amides is 2. The molecule has 1 aromatic rings. The summed E-state index contributed by atoms with van der Waals surface area (Å²) in [6, 6.07) is 5.54. The molecule has 1 fully saturated rings. The van der Waals surface area contributed by atoms with E-state index in [0.29, 0.717) is 36.8 Å². The van der Waals surface area contributed by atoms with Crippen LogP contribution in [0.5, 0.6) is 0 Å². The molecule has 0 saturated carbocycles. The summed E-state index contributed by atoms with van der Waals surface area (Å²) in [6.07, 6.45) is 4.31. The topological polar surface area (TPSA) is 79.0 Å². The van der Waals surface area contributed by atoms with Gasteiger partial charge in [-0.25, -0.2) is 0 Å². The molecular weight excluding hydrogens is 418 g/mol. The number of aryl methyl sites for hydroxylation is 1. The predicted octanol–water partition coefficient (Wildman–Crippen LogP) is 3.53. The van der Waals surface area contributed by atoms with Gasteiger partial charge in [-0.15, -0.1) is 0 Å². The fourth-order valence-electron chi connectivity index (χ4n) is 4.67. The number of piperidine rings is 1. The van der Waals surface area contributed by atoms with E-state index in [0.717, 1.165) is 43.6 Å². The van der Waals surface area contributed by atoms with E-state index in [1.54, 1.807) is 15.9 Å². The second-order valence-electron chi connectivity index (χ2n) is 9.85. The van der Waals surface area contributed by atoms with Crippen molar-refractivity contribution in [1.29, 1.82) is 0 Å². The molecule has 0 unspecified atom stereocenters. The van der Waals surface area contributed by atoms with Crippen molar-refractivity contribution in [3.8, 4) is 0 Å². The van der Waals surface area contributed by atoms with Gasteiger partial charge >= 0.3 is 5.97 Å². The summed E-state index contributed by atoms with van der Waals surface area (Å²) >= 11 is 0. The van der Waals surface area contributed by atoms with Gasteiger partial charge in [-0.05, 0) is 74.7 Å². The minimum atomic E-state index is -0.743. The van der Waals surface area contributed by atoms with Gasteiger partial charge in [-0.3, -0.25) is 14.4 Å². The average Bonchev–Trinajstić information content (AvgIpc) is 2.92. The normalized spacial score (nSPS) is 19.2. The zero-order valence-electron chi connectivity index (χ0n) is 20.6. The Labute approximate surface area is 197 Å². The average molecular weight is 458 g/mol. The summed E-state index contributed by atoms with van der Waals surface area (Å²) in [5, 5.41) is 3.38. The summed E-state index contributed by atoms with van der Waals surface area (Å²) in [5.41, 5.74) is 2.32. The summed E-state index contributed by atoms with van der Waals surface area (Å²) in [6.45, 7) is 8.97. The van der Waals surface area contributed by atoms with Crippen LogP contribution in [0.1, 0.15) is 80.6 Å². The minimum absolute atomic E-state index is 0.0111. The molecule has 1 N–H and O–H groups in total. The highest BCUT2D eigenvalue weighted by molar-refractivity contribution is 5.94. The molecule has 0 bridgehead atoms. The van der Waals surface area contributed by atoms with Gasteiger partial charge in [0, 0.05) is 44.6 Å². The highest BCUT2D eigenvalue weighted by Crippen LogP contribution is 2.32. The Morgan fingerprint density at radius 3 is 2.61 bits per heavy atom. The van der Waals surface area contributed by atoms with Crippen molar-refractivity contribution in [3.05, 3.63) is 34.9 Å². The quantitative estimate of drug-likeness (QED) is 0.604. The van der Waals surface area contributed by atoms with Crippen LogP contribution in [0.25, 0.3) is 0 Å². The number of esters is 1. The van der Waals surface area contributed by atoms with Crippen LogP contribution >= 0.6 is 0 Å². The van der Waals surface area contributed by atoms with Gasteiger partial charge in [0.25, 0.3) is 5.91 Å². The highest BCUT2D eigenvalue weighted by atomic mass is 16.6. The van der Waals surface area contributed by atoms with Gasteiger partial charge in [0.05, 0.1) is 0 Å². The molecule has 0 radical (unpaired) electrons. The van der Waals surface area contributed by atoms with E-state index >= 15 is 0 Å². The number of nitrogens with one attached hydrogen (secondary N) is 1. The van der Waals surface area contributed by atoms with Crippen molar-refractivity contribution in [2.75, 3.05) is 33.2 Å². The number of carbonyl (C=O) groups is 3. The van der Waals surface area contributed by atoms with Gasteiger partial charge in [0.15, 0.2) is 0 Å². The Hall–Kier alpha value is -2.41. The van der Waals surface area contributed by atoms with Crippen LogP contribution in [-0.2, 0) is 20.7 Å². The predicted molar refractivity (Wildman–Crippen MR) is 128 cm³/mol. The molecule has 1 atom stereocenters. The molecule has 2 aliphatic rings. The molecule has 1 saturated heterocycles. The smallest absolute Gasteiger partial charge is 0.304 e. The SMILES string of the molecule is CC(=O)O[C@@H]1c2ccc(C(=O)N(C)CCC3CCNCC3)cc2CCC(=O)N1CCC(C)C. The molecule has 0 aliphatic carbocycles. The number of nitrogens with zero attached hydrogens (tertiary/aromatic N) is 2. The van der Waals surface area contributed by atoms with E-state index in [9.17, 15) is 14.4 Å². The Balaban J connectivity index is 1.77. The molecular formula is C26H39N3O4. The summed E-state index contributed by atoms with van der Waals surface area (Å²) in [7, 11) is 1.86. The van der Waals surface area contributed by atoms with E-state index in [1.807, 2.05) is 19.2 Å². The maximum atomic E-state index is 13.1. The molecule has 2 amide bonds. The number of hydrogen-bond donors (Lipinski definition) is 1.